The first-order chi connectivity index (χ1) is 10.1. The number of anilines is 1. The molecule has 2 heterocycles. The maximum atomic E-state index is 12.4. The predicted molar refractivity (Wildman–Crippen MR) is 85.5 cm³/mol. The third-order valence-electron chi connectivity index (χ3n) is 4.35. The molecule has 0 saturated carbocycles. The van der Waals surface area contributed by atoms with Crippen molar-refractivity contribution in [1.29, 1.82) is 0 Å². The van der Waals surface area contributed by atoms with Gasteiger partial charge in [-0.1, -0.05) is 6.92 Å². The Morgan fingerprint density at radius 1 is 1.48 bits per heavy atom. The minimum absolute atomic E-state index is 0.00334. The molecule has 5 nitrogen and oxygen atoms in total. The van der Waals surface area contributed by atoms with Crippen LogP contribution in [-0.4, -0.2) is 48.0 Å². The number of carbonyl (C=O) groups excluding carboxylic acids is 1. The lowest BCUT2D eigenvalue weighted by Crippen LogP contribution is -2.46. The molecule has 5 heteroatoms. The van der Waals surface area contributed by atoms with Gasteiger partial charge in [-0.15, -0.1) is 0 Å². The Balaban J connectivity index is 2.16. The number of piperidine rings is 1. The zero-order valence-electron chi connectivity index (χ0n) is 13.2. The summed E-state index contributed by atoms with van der Waals surface area (Å²) < 4.78 is 0. The van der Waals surface area contributed by atoms with Crippen LogP contribution in [0.15, 0.2) is 18.3 Å². The highest BCUT2D eigenvalue weighted by atomic mass is 16.2. The van der Waals surface area contributed by atoms with Crippen molar-refractivity contribution in [2.75, 3.05) is 31.1 Å². The molecule has 1 aliphatic heterocycles. The van der Waals surface area contributed by atoms with Crippen LogP contribution in [0.25, 0.3) is 0 Å². The van der Waals surface area contributed by atoms with Gasteiger partial charge in [-0.25, -0.2) is 0 Å². The van der Waals surface area contributed by atoms with E-state index in [0.717, 1.165) is 25.2 Å². The van der Waals surface area contributed by atoms with Gasteiger partial charge in [0.25, 0.3) is 5.91 Å². The number of aromatic nitrogens is 1. The highest BCUT2D eigenvalue weighted by Gasteiger charge is 2.24. The molecule has 0 spiro atoms. The smallest absolute Gasteiger partial charge is 0.272 e. The molecule has 0 aromatic carbocycles. The number of nitrogens with two attached hydrogens (primary N) is 1. The van der Waals surface area contributed by atoms with Crippen LogP contribution < -0.4 is 10.6 Å². The van der Waals surface area contributed by atoms with Crippen LogP contribution >= 0.6 is 0 Å². The minimum Gasteiger partial charge on any atom is -0.371 e. The van der Waals surface area contributed by atoms with Crippen molar-refractivity contribution in [3.8, 4) is 0 Å². The SMILES string of the molecule is CCN(CC)C(=O)c1cc(N2CCC(N)C(C)C2)ccn1. The van der Waals surface area contributed by atoms with Gasteiger partial charge >= 0.3 is 0 Å². The number of pyridine rings is 1. The Hall–Kier alpha value is -1.62. The molecule has 2 N–H and O–H groups in total. The van der Waals surface area contributed by atoms with Gasteiger partial charge in [0.05, 0.1) is 0 Å². The molecule has 0 bridgehead atoms. The van der Waals surface area contributed by atoms with Gasteiger partial charge in [0.1, 0.15) is 5.69 Å². The summed E-state index contributed by atoms with van der Waals surface area (Å²) >= 11 is 0. The van der Waals surface area contributed by atoms with E-state index in [2.05, 4.69) is 16.8 Å². The van der Waals surface area contributed by atoms with Gasteiger partial charge in [0.2, 0.25) is 0 Å². The molecule has 1 amide bonds. The summed E-state index contributed by atoms with van der Waals surface area (Å²) in [6.07, 6.45) is 2.72. The number of amides is 1. The van der Waals surface area contributed by atoms with Crippen LogP contribution in [0, 0.1) is 5.92 Å². The van der Waals surface area contributed by atoms with Crippen molar-refractivity contribution < 1.29 is 4.79 Å². The lowest BCUT2D eigenvalue weighted by molar-refractivity contribution is 0.0767. The molecule has 0 aliphatic carbocycles. The maximum Gasteiger partial charge on any atom is 0.272 e. The summed E-state index contributed by atoms with van der Waals surface area (Å²) in [6, 6.07) is 4.16. The van der Waals surface area contributed by atoms with Crippen molar-refractivity contribution in [3.05, 3.63) is 24.0 Å². The van der Waals surface area contributed by atoms with E-state index in [9.17, 15) is 4.79 Å². The Labute approximate surface area is 127 Å². The van der Waals surface area contributed by atoms with Crippen LogP contribution in [-0.2, 0) is 0 Å². The first-order valence-electron chi connectivity index (χ1n) is 7.82. The molecule has 1 aromatic heterocycles. The zero-order chi connectivity index (χ0) is 15.4. The predicted octanol–water partition coefficient (Wildman–Crippen LogP) is 1.74. The lowest BCUT2D eigenvalue weighted by Gasteiger charge is -2.36. The molecule has 2 rings (SSSR count). The highest BCUT2D eigenvalue weighted by Crippen LogP contribution is 2.23. The zero-order valence-corrected chi connectivity index (χ0v) is 13.2. The van der Waals surface area contributed by atoms with Gasteiger partial charge in [-0.3, -0.25) is 9.78 Å². The number of nitrogens with zero attached hydrogens (tertiary/aromatic N) is 3. The molecule has 2 atom stereocenters. The summed E-state index contributed by atoms with van der Waals surface area (Å²) in [5, 5.41) is 0. The van der Waals surface area contributed by atoms with Crippen LogP contribution in [0.4, 0.5) is 5.69 Å². The highest BCUT2D eigenvalue weighted by molar-refractivity contribution is 5.93. The second-order valence-corrected chi connectivity index (χ2v) is 5.75. The van der Waals surface area contributed by atoms with Gasteiger partial charge in [-0.2, -0.15) is 0 Å². The largest absolute Gasteiger partial charge is 0.371 e. The average Bonchev–Trinajstić information content (AvgIpc) is 2.51. The van der Waals surface area contributed by atoms with E-state index in [0.29, 0.717) is 24.7 Å². The first kappa shape index (κ1) is 15.8. The Bertz CT molecular complexity index is 487. The first-order valence-corrected chi connectivity index (χ1v) is 7.82. The summed E-state index contributed by atoms with van der Waals surface area (Å²) in [6.45, 7) is 9.43. The van der Waals surface area contributed by atoms with E-state index in [-0.39, 0.29) is 11.9 Å². The van der Waals surface area contributed by atoms with Crippen molar-refractivity contribution in [3.63, 3.8) is 0 Å². The van der Waals surface area contributed by atoms with Crippen molar-refractivity contribution in [1.82, 2.24) is 9.88 Å². The van der Waals surface area contributed by atoms with Crippen molar-refractivity contribution in [2.45, 2.75) is 33.2 Å². The summed E-state index contributed by atoms with van der Waals surface area (Å²) in [7, 11) is 0. The van der Waals surface area contributed by atoms with Gasteiger partial charge in [0, 0.05) is 44.1 Å². The molecule has 21 heavy (non-hydrogen) atoms. The van der Waals surface area contributed by atoms with Crippen molar-refractivity contribution in [2.24, 2.45) is 11.7 Å². The summed E-state index contributed by atoms with van der Waals surface area (Å²) in [5.41, 5.74) is 7.67. The molecule has 116 valence electrons. The third kappa shape index (κ3) is 3.53. The van der Waals surface area contributed by atoms with E-state index >= 15 is 0 Å². The molecular formula is C16H26N4O. The van der Waals surface area contributed by atoms with E-state index in [1.807, 2.05) is 26.0 Å². The average molecular weight is 290 g/mol. The summed E-state index contributed by atoms with van der Waals surface area (Å²) in [5.74, 6) is 0.470. The fourth-order valence-electron chi connectivity index (χ4n) is 2.80. The molecule has 1 aromatic rings. The number of hydrogen-bond acceptors (Lipinski definition) is 4. The lowest BCUT2D eigenvalue weighted by atomic mass is 9.94. The summed E-state index contributed by atoms with van der Waals surface area (Å²) in [4.78, 5) is 20.7. The van der Waals surface area contributed by atoms with Gasteiger partial charge in [-0.05, 0) is 38.3 Å². The quantitative estimate of drug-likeness (QED) is 0.917. The van der Waals surface area contributed by atoms with E-state index < -0.39 is 0 Å². The normalized spacial score (nSPS) is 22.2. The molecule has 2 unspecified atom stereocenters. The number of hydrogen-bond donors (Lipinski definition) is 1. The third-order valence-corrected chi connectivity index (χ3v) is 4.35. The van der Waals surface area contributed by atoms with Crippen LogP contribution in [0.3, 0.4) is 0 Å². The molecule has 1 saturated heterocycles. The maximum absolute atomic E-state index is 12.4. The van der Waals surface area contributed by atoms with E-state index in [1.165, 1.54) is 0 Å². The molecule has 1 fully saturated rings. The van der Waals surface area contributed by atoms with E-state index in [1.54, 1.807) is 11.1 Å². The fourth-order valence-corrected chi connectivity index (χ4v) is 2.80. The Kier molecular flexibility index (Phi) is 5.17. The van der Waals surface area contributed by atoms with Crippen LogP contribution in [0.1, 0.15) is 37.7 Å². The topological polar surface area (TPSA) is 62.5 Å². The Morgan fingerprint density at radius 3 is 2.81 bits per heavy atom. The fraction of sp³-hybridized carbons (Fsp3) is 0.625. The second-order valence-electron chi connectivity index (χ2n) is 5.75. The molecular weight excluding hydrogens is 264 g/mol. The minimum atomic E-state index is 0.00334. The molecule has 1 aliphatic rings. The number of rotatable bonds is 4. The Morgan fingerprint density at radius 2 is 2.19 bits per heavy atom. The standard InChI is InChI=1S/C16H26N4O/c1-4-19(5-2)16(21)15-10-13(6-8-18-15)20-9-7-14(17)12(3)11-20/h6,8,10,12,14H,4-5,7,9,11,17H2,1-3H3. The van der Waals surface area contributed by atoms with E-state index in [4.69, 9.17) is 5.73 Å². The number of carbonyl (C=O) groups is 1. The van der Waals surface area contributed by atoms with Crippen LogP contribution in [0.2, 0.25) is 0 Å². The van der Waals surface area contributed by atoms with Gasteiger partial charge < -0.3 is 15.5 Å². The van der Waals surface area contributed by atoms with Gasteiger partial charge in [0.15, 0.2) is 0 Å². The van der Waals surface area contributed by atoms with Crippen LogP contribution in [0.5, 0.6) is 0 Å². The molecule has 0 radical (unpaired) electrons. The second kappa shape index (κ2) is 6.89. The van der Waals surface area contributed by atoms with Crippen molar-refractivity contribution >= 4 is 11.6 Å². The monoisotopic (exact) mass is 290 g/mol.